The summed E-state index contributed by atoms with van der Waals surface area (Å²) < 4.78 is 0. The number of nitrogens with two attached hydrogens (primary N) is 1. The van der Waals surface area contributed by atoms with E-state index in [4.69, 9.17) is 5.73 Å². The number of aromatic amines is 1. The van der Waals surface area contributed by atoms with Crippen molar-refractivity contribution in [3.05, 3.63) is 108 Å². The monoisotopic (exact) mass is 1100 g/mol. The normalized spacial score (nSPS) is 21.9. The van der Waals surface area contributed by atoms with Gasteiger partial charge in [-0.3, -0.25) is 38.4 Å². The van der Waals surface area contributed by atoms with Gasteiger partial charge in [0.2, 0.25) is 41.4 Å². The molecule has 10 atom stereocenters. The van der Waals surface area contributed by atoms with Crippen LogP contribution in [0.1, 0.15) is 62.6 Å². The number of unbranched alkanes of at least 4 members (excludes halogenated alkanes) is 1. The van der Waals surface area contributed by atoms with Crippen molar-refractivity contribution in [1.29, 1.82) is 0 Å². The van der Waals surface area contributed by atoms with Crippen LogP contribution in [0.25, 0.3) is 10.9 Å². The standard InChI is InChI=1S/C53H69N9O13S2/c1-30(64)45-43(66)26-35(47(68)62-46(31(2)65)53(74)75)28-76-77-29-42(60-49(70)39(56-44(67)20-22-63)23-32-13-5-3-6-14-32)52(73)58-40(24-33-15-7-4-8-16-33)50(71)59-41(25-34-27-55-37-18-10-9-17-36(34)37)51(72)57-38(48(69)61-45)19-11-12-21-54/h3-10,13-18,27,30-31,35,38-42,45-46,55,63-65H,11-12,19-26,28-29,54H2,1-2H3,(H,56,67)(H,57,72)(H,58,73)(H,59,71)(H,60,70)(H,61,69)(H,62,68)(H,74,75)/t30-,31-,35+,38+,39-,40+,41?,42?,45+,46?/m1/s1. The fraction of sp³-hybridized carbons (Fsp3) is 0.453. The number of hydrogen-bond donors (Lipinski definition) is 13. The maximum absolute atomic E-state index is 14.9. The zero-order chi connectivity index (χ0) is 56.0. The van der Waals surface area contributed by atoms with Crippen molar-refractivity contribution in [2.45, 2.75) is 120 Å². The smallest absolute Gasteiger partial charge is 0.328 e. The number of carboxylic acids is 1. The van der Waals surface area contributed by atoms with E-state index in [-0.39, 0.29) is 50.2 Å². The molecule has 1 aliphatic heterocycles. The van der Waals surface area contributed by atoms with E-state index in [0.29, 0.717) is 29.5 Å². The summed E-state index contributed by atoms with van der Waals surface area (Å²) in [4.78, 5) is 129. The van der Waals surface area contributed by atoms with Crippen LogP contribution in [0.5, 0.6) is 0 Å². The van der Waals surface area contributed by atoms with Gasteiger partial charge >= 0.3 is 5.97 Å². The number of aliphatic hydroxyl groups excluding tert-OH is 3. The van der Waals surface area contributed by atoms with Crippen LogP contribution in [0, 0.1) is 5.92 Å². The average Bonchev–Trinajstić information content (AvgIpc) is 3.81. The van der Waals surface area contributed by atoms with Crippen LogP contribution in [0.15, 0.2) is 91.1 Å². The number of benzene rings is 3. The number of aromatic nitrogens is 1. The van der Waals surface area contributed by atoms with Crippen molar-refractivity contribution in [2.24, 2.45) is 11.7 Å². The zero-order valence-corrected chi connectivity index (χ0v) is 44.4. The van der Waals surface area contributed by atoms with Crippen molar-refractivity contribution in [3.8, 4) is 0 Å². The summed E-state index contributed by atoms with van der Waals surface area (Å²) in [5.74, 6) is -10.2. The Kier molecular flexibility index (Phi) is 24.4. The Morgan fingerprint density at radius 2 is 1.32 bits per heavy atom. The van der Waals surface area contributed by atoms with E-state index in [0.717, 1.165) is 39.4 Å². The molecule has 1 aromatic heterocycles. The summed E-state index contributed by atoms with van der Waals surface area (Å²) in [7, 11) is 1.90. The Hall–Kier alpha value is -6.83. The van der Waals surface area contributed by atoms with Crippen molar-refractivity contribution < 1.29 is 63.6 Å². The minimum atomic E-state index is -1.80. The molecule has 24 heteroatoms. The number of rotatable bonds is 20. The van der Waals surface area contributed by atoms with Crippen LogP contribution in [-0.2, 0) is 62.4 Å². The summed E-state index contributed by atoms with van der Waals surface area (Å²) in [6.07, 6.45) is -2.00. The Morgan fingerprint density at radius 3 is 1.96 bits per heavy atom. The molecular weight excluding hydrogens is 1030 g/mol. The number of aliphatic hydroxyl groups is 3. The Balaban J connectivity index is 1.61. The first-order valence-corrected chi connectivity index (χ1v) is 27.8. The molecule has 1 fully saturated rings. The first-order valence-electron chi connectivity index (χ1n) is 25.3. The van der Waals surface area contributed by atoms with E-state index < -0.39 is 127 Å². The number of aliphatic carboxylic acids is 1. The molecule has 3 aromatic carbocycles. The average molecular weight is 1100 g/mol. The first-order chi connectivity index (χ1) is 36.9. The topological polar surface area (TPSA) is 361 Å². The van der Waals surface area contributed by atoms with Gasteiger partial charge in [-0.15, -0.1) is 0 Å². The third-order valence-corrected chi connectivity index (χ3v) is 15.2. The lowest BCUT2D eigenvalue weighted by atomic mass is 9.95. The second-order valence-electron chi connectivity index (χ2n) is 18.8. The number of H-pyrrole nitrogens is 1. The fourth-order valence-electron chi connectivity index (χ4n) is 8.48. The van der Waals surface area contributed by atoms with Crippen LogP contribution in [0.4, 0.5) is 0 Å². The highest BCUT2D eigenvalue weighted by atomic mass is 33.1. The lowest BCUT2D eigenvalue weighted by Crippen LogP contribution is -2.61. The highest BCUT2D eigenvalue weighted by molar-refractivity contribution is 8.76. The number of Topliss-reactive ketones (excluding diaryl/α,β-unsaturated/α-hetero) is 1. The van der Waals surface area contributed by atoms with E-state index in [1.54, 1.807) is 72.9 Å². The molecule has 0 bridgehead atoms. The van der Waals surface area contributed by atoms with Crippen molar-refractivity contribution in [1.82, 2.24) is 42.2 Å². The molecule has 22 nitrogen and oxygen atoms in total. The lowest BCUT2D eigenvalue weighted by Gasteiger charge is -2.29. The molecule has 416 valence electrons. The van der Waals surface area contributed by atoms with Crippen molar-refractivity contribution in [3.63, 3.8) is 0 Å². The number of para-hydroxylation sites is 1. The minimum absolute atomic E-state index is 0.00478. The van der Waals surface area contributed by atoms with E-state index in [1.807, 2.05) is 18.2 Å². The number of nitrogens with one attached hydrogen (secondary N) is 8. The van der Waals surface area contributed by atoms with Crippen molar-refractivity contribution >= 4 is 85.6 Å². The molecule has 0 aliphatic carbocycles. The minimum Gasteiger partial charge on any atom is -0.480 e. The molecule has 0 saturated carbocycles. The van der Waals surface area contributed by atoms with Gasteiger partial charge in [0.15, 0.2) is 11.8 Å². The van der Waals surface area contributed by atoms with E-state index >= 15 is 0 Å². The van der Waals surface area contributed by atoms with Gasteiger partial charge < -0.3 is 68.4 Å². The number of carboxylic acid groups (broad SMARTS) is 1. The molecule has 0 radical (unpaired) electrons. The van der Waals surface area contributed by atoms with E-state index in [2.05, 4.69) is 42.2 Å². The van der Waals surface area contributed by atoms with E-state index in [1.165, 1.54) is 6.92 Å². The Labute approximate surface area is 453 Å². The highest BCUT2D eigenvalue weighted by Gasteiger charge is 2.37. The van der Waals surface area contributed by atoms with Gasteiger partial charge in [-0.25, -0.2) is 4.79 Å². The number of amides is 7. The second-order valence-corrected chi connectivity index (χ2v) is 21.3. The second kappa shape index (κ2) is 30.8. The summed E-state index contributed by atoms with van der Waals surface area (Å²) in [5, 5.41) is 59.7. The Morgan fingerprint density at radius 1 is 0.727 bits per heavy atom. The maximum Gasteiger partial charge on any atom is 0.328 e. The van der Waals surface area contributed by atoms with Gasteiger partial charge in [-0.05, 0) is 62.4 Å². The van der Waals surface area contributed by atoms with Gasteiger partial charge in [0.25, 0.3) is 0 Å². The molecule has 0 spiro atoms. The van der Waals surface area contributed by atoms with Crippen LogP contribution < -0.4 is 43.0 Å². The molecule has 14 N–H and O–H groups in total. The summed E-state index contributed by atoms with van der Waals surface area (Å²) in [6.45, 7) is 2.11. The van der Waals surface area contributed by atoms with Crippen LogP contribution in [0.2, 0.25) is 0 Å². The third-order valence-electron chi connectivity index (χ3n) is 12.7. The number of carbonyl (C=O) groups excluding carboxylic acids is 8. The third kappa shape index (κ3) is 19.0. The predicted octanol–water partition coefficient (Wildman–Crippen LogP) is -0.0826. The summed E-state index contributed by atoms with van der Waals surface area (Å²) >= 11 is 0. The molecule has 1 saturated heterocycles. The predicted molar refractivity (Wildman–Crippen MR) is 289 cm³/mol. The van der Waals surface area contributed by atoms with Gasteiger partial charge in [-0.1, -0.05) is 100 Å². The van der Waals surface area contributed by atoms with Gasteiger partial charge in [0.1, 0.15) is 36.3 Å². The molecule has 4 aromatic rings. The SMILES string of the molecule is C[C@@H](O)C(NC(=O)[C@@H]1CSSCC(NC(=O)[C@@H](Cc2ccccc2)NC(=O)CCO)C(=O)N[C@@H](Cc2ccccc2)C(=O)NC(Cc2c[nH]c3ccccc23)C(=O)N[C@@H](CCCCN)C(=O)N[C@@H]([C@@H](C)O)C(=O)C1)C(=O)O. The number of ketones is 1. The summed E-state index contributed by atoms with van der Waals surface area (Å²) in [6, 6.07) is 14.2. The molecule has 2 heterocycles. The largest absolute Gasteiger partial charge is 0.480 e. The molecule has 7 amide bonds. The van der Waals surface area contributed by atoms with Gasteiger partial charge in [0.05, 0.1) is 24.7 Å². The van der Waals surface area contributed by atoms with Crippen molar-refractivity contribution in [2.75, 3.05) is 24.7 Å². The maximum atomic E-state index is 14.9. The molecule has 5 rings (SSSR count). The molecule has 1 aliphatic rings. The Bertz CT molecular complexity index is 2640. The quantitative estimate of drug-likeness (QED) is 0.0407. The number of hydrogen-bond acceptors (Lipinski definition) is 15. The van der Waals surface area contributed by atoms with Crippen LogP contribution >= 0.6 is 21.6 Å². The fourth-order valence-corrected chi connectivity index (χ4v) is 11.0. The number of carbonyl (C=O) groups is 9. The molecule has 77 heavy (non-hydrogen) atoms. The zero-order valence-electron chi connectivity index (χ0n) is 42.8. The van der Waals surface area contributed by atoms with Gasteiger partial charge in [-0.2, -0.15) is 0 Å². The van der Waals surface area contributed by atoms with E-state index in [9.17, 15) is 63.6 Å². The highest BCUT2D eigenvalue weighted by Crippen LogP contribution is 2.28. The first kappa shape index (κ1) is 61.0. The molecular formula is C53H69N9O13S2. The lowest BCUT2D eigenvalue weighted by molar-refractivity contribution is -0.145. The summed E-state index contributed by atoms with van der Waals surface area (Å²) in [5.41, 5.74) is 8.38. The number of fused-ring (bicyclic) bond motifs is 1. The van der Waals surface area contributed by atoms with Crippen LogP contribution in [0.3, 0.4) is 0 Å². The molecule has 3 unspecified atom stereocenters. The van der Waals surface area contributed by atoms with Crippen LogP contribution in [-0.4, -0.2) is 158 Å². The van der Waals surface area contributed by atoms with Gasteiger partial charge in [0, 0.05) is 60.7 Å².